The van der Waals surface area contributed by atoms with Gasteiger partial charge >= 0.3 is 5.97 Å². The summed E-state index contributed by atoms with van der Waals surface area (Å²) < 4.78 is 5.10. The Morgan fingerprint density at radius 1 is 1.21 bits per heavy atom. The molecule has 0 aromatic rings. The highest BCUT2D eigenvalue weighted by Crippen LogP contribution is 2.24. The van der Waals surface area contributed by atoms with Crippen LogP contribution in [0.3, 0.4) is 0 Å². The van der Waals surface area contributed by atoms with Gasteiger partial charge in [0.15, 0.2) is 6.10 Å². The molecule has 0 bridgehead atoms. The molecular formula is C14H21NO4. The van der Waals surface area contributed by atoms with E-state index in [0.717, 1.165) is 12.8 Å². The third-order valence-corrected chi connectivity index (χ3v) is 3.81. The number of hydrogen-bond acceptors (Lipinski definition) is 3. The van der Waals surface area contributed by atoms with E-state index in [-0.39, 0.29) is 12.5 Å². The van der Waals surface area contributed by atoms with Crippen molar-refractivity contribution < 1.29 is 19.4 Å². The molecule has 0 spiro atoms. The summed E-state index contributed by atoms with van der Waals surface area (Å²) >= 11 is 0. The zero-order chi connectivity index (χ0) is 13.7. The number of allylic oxidation sites excluding steroid dienone is 1. The predicted molar refractivity (Wildman–Crippen MR) is 69.7 cm³/mol. The maximum Gasteiger partial charge on any atom is 0.334 e. The standard InChI is InChI=1S/C14H21NO4/c16-13(7-6-11-4-2-1-3-5-11)15-8-9-19-12(10-15)14(17)18/h6-7,11-12H,1-5,8-10H2,(H,17,18). The third kappa shape index (κ3) is 4.06. The lowest BCUT2D eigenvalue weighted by Gasteiger charge is -2.30. The molecule has 1 aliphatic carbocycles. The maximum atomic E-state index is 12.0. The topological polar surface area (TPSA) is 66.8 Å². The second-order valence-corrected chi connectivity index (χ2v) is 5.24. The maximum absolute atomic E-state index is 12.0. The second-order valence-electron chi connectivity index (χ2n) is 5.24. The molecule has 0 radical (unpaired) electrons. The molecule has 1 heterocycles. The van der Waals surface area contributed by atoms with Crippen molar-refractivity contribution in [2.24, 2.45) is 5.92 Å². The average molecular weight is 267 g/mol. The lowest BCUT2D eigenvalue weighted by molar-refractivity contribution is -0.158. The van der Waals surface area contributed by atoms with Crippen molar-refractivity contribution in [2.45, 2.75) is 38.2 Å². The Balaban J connectivity index is 1.84. The van der Waals surface area contributed by atoms with Crippen molar-refractivity contribution in [3.63, 3.8) is 0 Å². The Morgan fingerprint density at radius 2 is 1.95 bits per heavy atom. The minimum Gasteiger partial charge on any atom is -0.479 e. The predicted octanol–water partition coefficient (Wildman–Crippen LogP) is 1.43. The highest BCUT2D eigenvalue weighted by atomic mass is 16.5. The summed E-state index contributed by atoms with van der Waals surface area (Å²) in [5.41, 5.74) is 0. The van der Waals surface area contributed by atoms with Crippen LogP contribution in [0.5, 0.6) is 0 Å². The van der Waals surface area contributed by atoms with Crippen LogP contribution in [0.25, 0.3) is 0 Å². The van der Waals surface area contributed by atoms with Crippen LogP contribution in [0.2, 0.25) is 0 Å². The summed E-state index contributed by atoms with van der Waals surface area (Å²) in [4.78, 5) is 24.4. The van der Waals surface area contributed by atoms with E-state index in [1.807, 2.05) is 6.08 Å². The molecular weight excluding hydrogens is 246 g/mol. The van der Waals surface area contributed by atoms with E-state index in [4.69, 9.17) is 9.84 Å². The Hall–Kier alpha value is -1.36. The Kier molecular flexibility index (Phi) is 4.96. The quantitative estimate of drug-likeness (QED) is 0.786. The fourth-order valence-corrected chi connectivity index (χ4v) is 2.65. The SMILES string of the molecule is O=C(O)C1CN(C(=O)C=CC2CCCCC2)CCO1. The van der Waals surface area contributed by atoms with Crippen LogP contribution >= 0.6 is 0 Å². The number of carbonyl (C=O) groups excluding carboxylic acids is 1. The highest BCUT2D eigenvalue weighted by Gasteiger charge is 2.28. The number of carboxylic acid groups (broad SMARTS) is 1. The fraction of sp³-hybridized carbons (Fsp3) is 0.714. The first-order valence-electron chi connectivity index (χ1n) is 6.98. The highest BCUT2D eigenvalue weighted by molar-refractivity contribution is 5.88. The summed E-state index contributed by atoms with van der Waals surface area (Å²) in [5, 5.41) is 8.89. The first-order chi connectivity index (χ1) is 9.16. The molecule has 5 nitrogen and oxygen atoms in total. The lowest BCUT2D eigenvalue weighted by Crippen LogP contribution is -2.48. The van der Waals surface area contributed by atoms with Crippen LogP contribution in [0.1, 0.15) is 32.1 Å². The first kappa shape index (κ1) is 14.1. The number of hydrogen-bond donors (Lipinski definition) is 1. The molecule has 1 amide bonds. The minimum absolute atomic E-state index is 0.0971. The van der Waals surface area contributed by atoms with Gasteiger partial charge in [0.05, 0.1) is 13.2 Å². The van der Waals surface area contributed by atoms with E-state index in [9.17, 15) is 9.59 Å². The summed E-state index contributed by atoms with van der Waals surface area (Å²) in [6, 6.07) is 0. The number of ether oxygens (including phenoxy) is 1. The number of carboxylic acids is 1. The Bertz CT molecular complexity index is 360. The third-order valence-electron chi connectivity index (χ3n) is 3.81. The first-order valence-corrected chi connectivity index (χ1v) is 6.98. The van der Waals surface area contributed by atoms with Crippen molar-refractivity contribution in [1.29, 1.82) is 0 Å². The molecule has 0 aromatic heterocycles. The summed E-state index contributed by atoms with van der Waals surface area (Å²) in [6.07, 6.45) is 8.80. The zero-order valence-electron chi connectivity index (χ0n) is 11.1. The number of morpholine rings is 1. The summed E-state index contributed by atoms with van der Waals surface area (Å²) in [7, 11) is 0. The number of carbonyl (C=O) groups is 2. The van der Waals surface area contributed by atoms with Crippen molar-refractivity contribution in [2.75, 3.05) is 19.7 Å². The van der Waals surface area contributed by atoms with Crippen LogP contribution in [0.4, 0.5) is 0 Å². The largest absolute Gasteiger partial charge is 0.479 e. The van der Waals surface area contributed by atoms with Gasteiger partial charge in [-0.15, -0.1) is 0 Å². The van der Waals surface area contributed by atoms with E-state index in [2.05, 4.69) is 0 Å². The van der Waals surface area contributed by atoms with Crippen molar-refractivity contribution >= 4 is 11.9 Å². The smallest absolute Gasteiger partial charge is 0.334 e. The van der Waals surface area contributed by atoms with E-state index in [0.29, 0.717) is 19.1 Å². The van der Waals surface area contributed by atoms with Crippen LogP contribution in [-0.2, 0) is 14.3 Å². The van der Waals surface area contributed by atoms with Gasteiger partial charge in [-0.1, -0.05) is 25.3 Å². The normalized spacial score (nSPS) is 25.7. The Morgan fingerprint density at radius 3 is 2.63 bits per heavy atom. The molecule has 1 atom stereocenters. The zero-order valence-corrected chi connectivity index (χ0v) is 11.1. The molecule has 2 rings (SSSR count). The number of nitrogens with zero attached hydrogens (tertiary/aromatic N) is 1. The van der Waals surface area contributed by atoms with Gasteiger partial charge in [0.25, 0.3) is 0 Å². The monoisotopic (exact) mass is 267 g/mol. The molecule has 1 N–H and O–H groups in total. The molecule has 2 aliphatic rings. The number of rotatable bonds is 3. The minimum atomic E-state index is -1.01. The molecule has 2 fully saturated rings. The molecule has 1 aliphatic heterocycles. The van der Waals surface area contributed by atoms with Crippen LogP contribution in [0, 0.1) is 5.92 Å². The van der Waals surface area contributed by atoms with Gasteiger partial charge in [-0.3, -0.25) is 4.79 Å². The average Bonchev–Trinajstić information content (AvgIpc) is 2.46. The van der Waals surface area contributed by atoms with Gasteiger partial charge in [0.1, 0.15) is 0 Å². The van der Waals surface area contributed by atoms with Gasteiger partial charge < -0.3 is 14.7 Å². The van der Waals surface area contributed by atoms with Crippen molar-refractivity contribution in [1.82, 2.24) is 4.90 Å². The van der Waals surface area contributed by atoms with Crippen LogP contribution in [-0.4, -0.2) is 47.7 Å². The molecule has 1 unspecified atom stereocenters. The van der Waals surface area contributed by atoms with Crippen molar-refractivity contribution in [3.8, 4) is 0 Å². The summed E-state index contributed by atoms with van der Waals surface area (Å²) in [5.74, 6) is -0.595. The van der Waals surface area contributed by atoms with E-state index < -0.39 is 12.1 Å². The summed E-state index contributed by atoms with van der Waals surface area (Å²) in [6.45, 7) is 0.904. The molecule has 5 heteroatoms. The van der Waals surface area contributed by atoms with E-state index in [1.165, 1.54) is 19.3 Å². The van der Waals surface area contributed by atoms with Gasteiger partial charge in [0.2, 0.25) is 5.91 Å². The van der Waals surface area contributed by atoms with Crippen molar-refractivity contribution in [3.05, 3.63) is 12.2 Å². The number of amides is 1. The van der Waals surface area contributed by atoms with Gasteiger partial charge in [-0.25, -0.2) is 4.79 Å². The molecule has 106 valence electrons. The van der Waals surface area contributed by atoms with E-state index >= 15 is 0 Å². The van der Waals surface area contributed by atoms with Gasteiger partial charge in [0, 0.05) is 6.54 Å². The molecule has 1 saturated heterocycles. The van der Waals surface area contributed by atoms with Gasteiger partial charge in [-0.05, 0) is 24.8 Å². The second kappa shape index (κ2) is 6.70. The molecule has 1 saturated carbocycles. The fourth-order valence-electron chi connectivity index (χ4n) is 2.65. The van der Waals surface area contributed by atoms with E-state index in [1.54, 1.807) is 11.0 Å². The van der Waals surface area contributed by atoms with Crippen LogP contribution in [0.15, 0.2) is 12.2 Å². The van der Waals surface area contributed by atoms with Crippen LogP contribution < -0.4 is 0 Å². The number of aliphatic carboxylic acids is 1. The van der Waals surface area contributed by atoms with Gasteiger partial charge in [-0.2, -0.15) is 0 Å². The lowest BCUT2D eigenvalue weighted by atomic mass is 9.89. The Labute approximate surface area is 113 Å². The molecule has 0 aromatic carbocycles. The molecule has 19 heavy (non-hydrogen) atoms.